The molecule has 0 bridgehead atoms. The Morgan fingerprint density at radius 2 is 1.89 bits per heavy atom. The van der Waals surface area contributed by atoms with Crippen LogP contribution in [0.3, 0.4) is 0 Å². The molecule has 0 unspecified atom stereocenters. The Morgan fingerprint density at radius 1 is 1.11 bits per heavy atom. The van der Waals surface area contributed by atoms with Gasteiger partial charge in [0.05, 0.1) is 11.4 Å². The van der Waals surface area contributed by atoms with Crippen molar-refractivity contribution in [3.63, 3.8) is 0 Å². The number of hydrogen-bond donors (Lipinski definition) is 1. The van der Waals surface area contributed by atoms with Crippen molar-refractivity contribution in [3.05, 3.63) is 53.6 Å². The number of nitrogens with two attached hydrogens (primary N) is 1. The highest BCUT2D eigenvalue weighted by Crippen LogP contribution is 2.33. The first-order valence-corrected chi connectivity index (χ1v) is 10.7. The summed E-state index contributed by atoms with van der Waals surface area (Å²) in [5.74, 6) is 0.0676. The van der Waals surface area contributed by atoms with Crippen molar-refractivity contribution in [3.8, 4) is 0 Å². The Labute approximate surface area is 159 Å². The fraction of sp³-hybridized carbons (Fsp3) is 0.350. The van der Waals surface area contributed by atoms with Crippen molar-refractivity contribution in [2.75, 3.05) is 22.9 Å². The van der Waals surface area contributed by atoms with E-state index in [4.69, 9.17) is 5.14 Å². The molecular weight excluding hydrogens is 362 g/mol. The molecule has 0 fully saturated rings. The molecule has 27 heavy (non-hydrogen) atoms. The zero-order valence-corrected chi connectivity index (χ0v) is 16.1. The van der Waals surface area contributed by atoms with Crippen LogP contribution in [-0.4, -0.2) is 33.5 Å². The van der Waals surface area contributed by atoms with E-state index in [2.05, 4.69) is 13.0 Å². The van der Waals surface area contributed by atoms with Crippen LogP contribution in [0.4, 0.5) is 11.4 Å². The smallest absolute Gasteiger partial charge is 0.246 e. The van der Waals surface area contributed by atoms with Crippen LogP contribution in [-0.2, 0) is 27.7 Å². The number of amides is 1. The largest absolute Gasteiger partial charge is 0.362 e. The van der Waals surface area contributed by atoms with E-state index in [1.165, 1.54) is 11.6 Å². The monoisotopic (exact) mass is 385 g/mol. The third kappa shape index (κ3) is 3.33. The zero-order chi connectivity index (χ0) is 19.2. The predicted molar refractivity (Wildman–Crippen MR) is 105 cm³/mol. The lowest BCUT2D eigenvalue weighted by Gasteiger charge is -2.36. The van der Waals surface area contributed by atoms with Crippen LogP contribution in [0.1, 0.15) is 24.5 Å². The number of anilines is 2. The third-order valence-electron chi connectivity index (χ3n) is 5.49. The SMILES string of the molecule is C[C@H]1CCc2ccccc2N1C(=O)CN1CCc2cc(S(N)(=O)=O)ccc21. The topological polar surface area (TPSA) is 83.7 Å². The highest BCUT2D eigenvalue weighted by molar-refractivity contribution is 7.89. The lowest BCUT2D eigenvalue weighted by molar-refractivity contribution is -0.117. The summed E-state index contributed by atoms with van der Waals surface area (Å²) in [5.41, 5.74) is 4.05. The number of aryl methyl sites for hydroxylation is 1. The van der Waals surface area contributed by atoms with Gasteiger partial charge in [0.15, 0.2) is 0 Å². The minimum Gasteiger partial charge on any atom is -0.362 e. The Kier molecular flexibility index (Phi) is 4.44. The van der Waals surface area contributed by atoms with Crippen LogP contribution >= 0.6 is 0 Å². The average Bonchev–Trinajstić information content (AvgIpc) is 3.03. The van der Waals surface area contributed by atoms with Crippen molar-refractivity contribution < 1.29 is 13.2 Å². The number of carbonyl (C=O) groups is 1. The number of fused-ring (bicyclic) bond motifs is 2. The minimum atomic E-state index is -3.72. The summed E-state index contributed by atoms with van der Waals surface area (Å²) < 4.78 is 23.1. The molecule has 0 saturated heterocycles. The number of rotatable bonds is 3. The second-order valence-corrected chi connectivity index (χ2v) is 8.85. The van der Waals surface area contributed by atoms with Crippen molar-refractivity contribution in [1.29, 1.82) is 0 Å². The first-order chi connectivity index (χ1) is 12.8. The van der Waals surface area contributed by atoms with E-state index in [1.54, 1.807) is 12.1 Å². The second kappa shape index (κ2) is 6.65. The maximum Gasteiger partial charge on any atom is 0.246 e. The summed E-state index contributed by atoms with van der Waals surface area (Å²) >= 11 is 0. The Morgan fingerprint density at radius 3 is 2.67 bits per heavy atom. The quantitative estimate of drug-likeness (QED) is 0.877. The van der Waals surface area contributed by atoms with Crippen LogP contribution < -0.4 is 14.9 Å². The number of primary sulfonamides is 1. The van der Waals surface area contributed by atoms with Crippen molar-refractivity contribution in [2.24, 2.45) is 5.14 Å². The van der Waals surface area contributed by atoms with Gasteiger partial charge >= 0.3 is 0 Å². The van der Waals surface area contributed by atoms with Gasteiger partial charge in [0, 0.05) is 24.0 Å². The van der Waals surface area contributed by atoms with Crippen LogP contribution in [0.15, 0.2) is 47.4 Å². The number of carbonyl (C=O) groups excluding carboxylic acids is 1. The first kappa shape index (κ1) is 18.0. The number of benzene rings is 2. The van der Waals surface area contributed by atoms with E-state index in [0.29, 0.717) is 13.0 Å². The average molecular weight is 385 g/mol. The van der Waals surface area contributed by atoms with E-state index in [0.717, 1.165) is 29.8 Å². The Balaban J connectivity index is 1.57. The predicted octanol–water partition coefficient (Wildman–Crippen LogP) is 2.06. The zero-order valence-electron chi connectivity index (χ0n) is 15.3. The third-order valence-corrected chi connectivity index (χ3v) is 6.40. The molecule has 6 nitrogen and oxygen atoms in total. The molecule has 0 radical (unpaired) electrons. The van der Waals surface area contributed by atoms with Gasteiger partial charge in [-0.3, -0.25) is 4.79 Å². The summed E-state index contributed by atoms with van der Waals surface area (Å²) in [5, 5.41) is 5.22. The lowest BCUT2D eigenvalue weighted by atomic mass is 9.96. The van der Waals surface area contributed by atoms with Gasteiger partial charge in [-0.25, -0.2) is 13.6 Å². The molecule has 4 rings (SSSR count). The lowest BCUT2D eigenvalue weighted by Crippen LogP contribution is -2.47. The molecule has 2 heterocycles. The summed E-state index contributed by atoms with van der Waals surface area (Å²) in [7, 11) is -3.72. The summed E-state index contributed by atoms with van der Waals surface area (Å²) in [6.45, 7) is 3.06. The molecule has 0 saturated carbocycles. The van der Waals surface area contributed by atoms with E-state index >= 15 is 0 Å². The van der Waals surface area contributed by atoms with E-state index in [9.17, 15) is 13.2 Å². The molecule has 142 valence electrons. The number of nitrogens with zero attached hydrogens (tertiary/aromatic N) is 2. The molecule has 2 aromatic carbocycles. The van der Waals surface area contributed by atoms with Crippen LogP contribution in [0.2, 0.25) is 0 Å². The van der Waals surface area contributed by atoms with E-state index < -0.39 is 10.0 Å². The Bertz CT molecular complexity index is 1000. The van der Waals surface area contributed by atoms with Crippen molar-refractivity contribution in [1.82, 2.24) is 0 Å². The molecular formula is C20H23N3O3S. The molecule has 0 spiro atoms. The van der Waals surface area contributed by atoms with Gasteiger partial charge < -0.3 is 9.80 Å². The maximum atomic E-state index is 13.1. The van der Waals surface area contributed by atoms with Crippen molar-refractivity contribution in [2.45, 2.75) is 37.1 Å². The van der Waals surface area contributed by atoms with Gasteiger partial charge in [-0.2, -0.15) is 0 Å². The fourth-order valence-electron chi connectivity index (χ4n) is 4.10. The standard InChI is InChI=1S/C20H23N3O3S/c1-14-6-7-15-4-2-3-5-19(15)23(14)20(24)13-22-11-10-16-12-17(27(21,25)26)8-9-18(16)22/h2-5,8-9,12,14H,6-7,10-11,13H2,1H3,(H2,21,25,26)/t14-/m0/s1. The van der Waals surface area contributed by atoms with Gasteiger partial charge in [-0.05, 0) is 61.6 Å². The normalized spacial score (nSPS) is 19.0. The van der Waals surface area contributed by atoms with Gasteiger partial charge in [0.2, 0.25) is 15.9 Å². The molecule has 2 aromatic rings. The van der Waals surface area contributed by atoms with Gasteiger partial charge in [-0.15, -0.1) is 0 Å². The maximum absolute atomic E-state index is 13.1. The first-order valence-electron chi connectivity index (χ1n) is 9.15. The minimum absolute atomic E-state index is 0.0676. The van der Waals surface area contributed by atoms with Crippen molar-refractivity contribution >= 4 is 27.3 Å². The van der Waals surface area contributed by atoms with E-state index in [1.807, 2.05) is 28.0 Å². The van der Waals surface area contributed by atoms with Gasteiger partial charge in [0.1, 0.15) is 0 Å². The van der Waals surface area contributed by atoms with Crippen LogP contribution in [0.5, 0.6) is 0 Å². The molecule has 2 aliphatic rings. The van der Waals surface area contributed by atoms with Crippen LogP contribution in [0.25, 0.3) is 0 Å². The number of sulfonamides is 1. The number of para-hydroxylation sites is 1. The molecule has 2 aliphatic heterocycles. The molecule has 7 heteroatoms. The molecule has 1 atom stereocenters. The summed E-state index contributed by atoms with van der Waals surface area (Å²) in [6.07, 6.45) is 2.65. The highest BCUT2D eigenvalue weighted by Gasteiger charge is 2.30. The molecule has 0 aliphatic carbocycles. The van der Waals surface area contributed by atoms with Gasteiger partial charge in [0.25, 0.3) is 0 Å². The summed E-state index contributed by atoms with van der Waals surface area (Å²) in [6, 6.07) is 13.1. The Hall–Kier alpha value is -2.38. The van der Waals surface area contributed by atoms with Gasteiger partial charge in [-0.1, -0.05) is 18.2 Å². The van der Waals surface area contributed by atoms with E-state index in [-0.39, 0.29) is 23.4 Å². The second-order valence-electron chi connectivity index (χ2n) is 7.29. The van der Waals surface area contributed by atoms with Crippen LogP contribution in [0, 0.1) is 0 Å². The fourth-order valence-corrected chi connectivity index (χ4v) is 4.66. The highest BCUT2D eigenvalue weighted by atomic mass is 32.2. The molecule has 2 N–H and O–H groups in total. The molecule has 1 amide bonds. The number of hydrogen-bond acceptors (Lipinski definition) is 4. The molecule has 0 aromatic heterocycles. The summed E-state index contributed by atoms with van der Waals surface area (Å²) in [4.78, 5) is 17.2.